The van der Waals surface area contributed by atoms with E-state index in [1.165, 1.54) is 6.42 Å². The molecule has 0 heteroatoms. The van der Waals surface area contributed by atoms with E-state index in [0.29, 0.717) is 0 Å². The molecule has 0 bridgehead atoms. The number of unbranched alkanes of at least 4 members (excludes halogenated alkanes) is 1. The molecule has 0 aromatic carbocycles. The predicted molar refractivity (Wildman–Crippen MR) is 33.0 cm³/mol. The van der Waals surface area contributed by atoms with Gasteiger partial charge in [0.15, 0.2) is 0 Å². The van der Waals surface area contributed by atoms with Crippen molar-refractivity contribution in [1.29, 1.82) is 0 Å². The Morgan fingerprint density at radius 1 is 1.14 bits per heavy atom. The lowest BCUT2D eigenvalue weighted by atomic mass is 10.3. The fourth-order valence-corrected chi connectivity index (χ4v) is 0.338. The van der Waals surface area contributed by atoms with Crippen LogP contribution in [-0.2, 0) is 0 Å². The molecule has 0 N–H and O–H groups in total. The molecule has 0 amide bonds. The van der Waals surface area contributed by atoms with Gasteiger partial charge in [-0.1, -0.05) is 13.8 Å². The Hall–Kier alpha value is -0.440. The van der Waals surface area contributed by atoms with Crippen LogP contribution in [0.2, 0.25) is 0 Å². The second kappa shape index (κ2) is 5.56. The van der Waals surface area contributed by atoms with Gasteiger partial charge in [-0.3, -0.25) is 0 Å². The van der Waals surface area contributed by atoms with Crippen LogP contribution >= 0.6 is 0 Å². The molecule has 0 aromatic heterocycles. The zero-order valence-electron chi connectivity index (χ0n) is 5.12. The van der Waals surface area contributed by atoms with E-state index >= 15 is 0 Å². The van der Waals surface area contributed by atoms with Crippen LogP contribution in [0.15, 0.2) is 0 Å². The highest BCUT2D eigenvalue weighted by atomic mass is 13.7. The molecule has 0 saturated heterocycles. The Bertz CT molecular complexity index is 71.8. The first-order valence-electron chi connectivity index (χ1n) is 2.87. The van der Waals surface area contributed by atoms with E-state index in [1.54, 1.807) is 0 Å². The van der Waals surface area contributed by atoms with Crippen LogP contribution in [0.25, 0.3) is 0 Å². The third kappa shape index (κ3) is 5.56. The lowest BCUT2D eigenvalue weighted by molar-refractivity contribution is 0.981. The molecule has 0 rings (SSSR count). The summed E-state index contributed by atoms with van der Waals surface area (Å²) in [5, 5.41) is 0. The van der Waals surface area contributed by atoms with E-state index in [9.17, 15) is 0 Å². The Morgan fingerprint density at radius 3 is 2.29 bits per heavy atom. The quantitative estimate of drug-likeness (QED) is 0.439. The molecule has 7 heavy (non-hydrogen) atoms. The molecule has 0 radical (unpaired) electrons. The second-order valence-corrected chi connectivity index (χ2v) is 1.46. The summed E-state index contributed by atoms with van der Waals surface area (Å²) in [6, 6.07) is 0. The third-order valence-electron chi connectivity index (χ3n) is 0.677. The highest BCUT2D eigenvalue weighted by Gasteiger charge is 1.65. The van der Waals surface area contributed by atoms with Crippen LogP contribution in [0.3, 0.4) is 0 Å². The van der Waals surface area contributed by atoms with Crippen LogP contribution in [0.1, 0.15) is 33.1 Å². The average Bonchev–Trinajstić information content (AvgIpc) is 1.69. The summed E-state index contributed by atoms with van der Waals surface area (Å²) in [4.78, 5) is 0. The average molecular weight is 96.2 g/mol. The van der Waals surface area contributed by atoms with Crippen LogP contribution in [0.5, 0.6) is 0 Å². The van der Waals surface area contributed by atoms with E-state index < -0.39 is 0 Å². The lowest BCUT2D eigenvalue weighted by Gasteiger charge is -1.74. The molecular formula is C7H12. The van der Waals surface area contributed by atoms with Gasteiger partial charge in [-0.05, 0) is 6.42 Å². The van der Waals surface area contributed by atoms with Crippen molar-refractivity contribution in [2.75, 3.05) is 0 Å². The van der Waals surface area contributed by atoms with Crippen molar-refractivity contribution in [1.82, 2.24) is 0 Å². The zero-order chi connectivity index (χ0) is 5.54. The number of rotatable bonds is 1. The van der Waals surface area contributed by atoms with Crippen molar-refractivity contribution in [3.05, 3.63) is 0 Å². The van der Waals surface area contributed by atoms with Gasteiger partial charge in [0, 0.05) is 12.8 Å². The molecule has 0 aliphatic heterocycles. The maximum atomic E-state index is 3.03. The standard InChI is InChI=1S/C7H12/c1-3-5-7-6-4-2/h3-5H2,1-2H3. The van der Waals surface area contributed by atoms with Gasteiger partial charge in [-0.25, -0.2) is 0 Å². The first-order valence-corrected chi connectivity index (χ1v) is 2.87. The van der Waals surface area contributed by atoms with Gasteiger partial charge in [0.1, 0.15) is 0 Å². The monoisotopic (exact) mass is 96.1 g/mol. The van der Waals surface area contributed by atoms with Crippen LogP contribution < -0.4 is 0 Å². The molecule has 0 atom stereocenters. The summed E-state index contributed by atoms with van der Waals surface area (Å²) in [6.45, 7) is 4.22. The summed E-state index contributed by atoms with van der Waals surface area (Å²) in [7, 11) is 0. The van der Waals surface area contributed by atoms with Crippen molar-refractivity contribution < 1.29 is 0 Å². The Balaban J connectivity index is 2.91. The summed E-state index contributed by atoms with van der Waals surface area (Å²) in [5.74, 6) is 6.03. The second-order valence-electron chi connectivity index (χ2n) is 1.46. The predicted octanol–water partition coefficient (Wildman–Crippen LogP) is 2.20. The van der Waals surface area contributed by atoms with Crippen LogP contribution in [-0.4, -0.2) is 0 Å². The number of hydrogen-bond donors (Lipinski definition) is 0. The van der Waals surface area contributed by atoms with Gasteiger partial charge >= 0.3 is 0 Å². The van der Waals surface area contributed by atoms with E-state index in [2.05, 4.69) is 25.7 Å². The molecule has 40 valence electrons. The van der Waals surface area contributed by atoms with Gasteiger partial charge in [0.2, 0.25) is 0 Å². The molecular weight excluding hydrogens is 84.1 g/mol. The van der Waals surface area contributed by atoms with Gasteiger partial charge in [0.25, 0.3) is 0 Å². The Morgan fingerprint density at radius 2 is 1.86 bits per heavy atom. The SMILES string of the molecule is CCC#CCCC. The van der Waals surface area contributed by atoms with Gasteiger partial charge in [0.05, 0.1) is 0 Å². The minimum absolute atomic E-state index is 1.00. The fraction of sp³-hybridized carbons (Fsp3) is 0.714. The normalized spacial score (nSPS) is 7.14. The molecule has 0 saturated carbocycles. The van der Waals surface area contributed by atoms with Crippen molar-refractivity contribution >= 4 is 0 Å². The molecule has 0 nitrogen and oxygen atoms in total. The molecule has 0 heterocycles. The smallest absolute Gasteiger partial charge is 0.00860 e. The van der Waals surface area contributed by atoms with Crippen molar-refractivity contribution in [3.63, 3.8) is 0 Å². The van der Waals surface area contributed by atoms with Gasteiger partial charge in [-0.2, -0.15) is 0 Å². The maximum absolute atomic E-state index is 3.03. The first kappa shape index (κ1) is 6.56. The summed E-state index contributed by atoms with van der Waals surface area (Å²) in [6.07, 6.45) is 3.25. The molecule has 0 aliphatic rings. The highest BCUT2D eigenvalue weighted by molar-refractivity contribution is 4.96. The van der Waals surface area contributed by atoms with Gasteiger partial charge in [-0.15, -0.1) is 11.8 Å². The maximum Gasteiger partial charge on any atom is 0.00860 e. The molecule has 0 aromatic rings. The molecule has 0 spiro atoms. The molecule has 0 unspecified atom stereocenters. The van der Waals surface area contributed by atoms with Crippen LogP contribution in [0.4, 0.5) is 0 Å². The van der Waals surface area contributed by atoms with Crippen molar-refractivity contribution in [2.45, 2.75) is 33.1 Å². The highest BCUT2D eigenvalue weighted by Crippen LogP contribution is 1.81. The minimum atomic E-state index is 1.00. The van der Waals surface area contributed by atoms with Gasteiger partial charge < -0.3 is 0 Å². The van der Waals surface area contributed by atoms with E-state index in [-0.39, 0.29) is 0 Å². The Kier molecular flexibility index (Phi) is 5.21. The van der Waals surface area contributed by atoms with Crippen LogP contribution in [0, 0.1) is 11.8 Å². The fourth-order valence-electron chi connectivity index (χ4n) is 0.338. The largest absolute Gasteiger partial charge is 0.104 e. The summed E-state index contributed by atoms with van der Waals surface area (Å²) < 4.78 is 0. The molecule has 0 fully saturated rings. The third-order valence-corrected chi connectivity index (χ3v) is 0.677. The minimum Gasteiger partial charge on any atom is -0.104 e. The Labute approximate surface area is 45.9 Å². The molecule has 0 aliphatic carbocycles. The lowest BCUT2D eigenvalue weighted by Crippen LogP contribution is -1.59. The van der Waals surface area contributed by atoms with Crippen molar-refractivity contribution in [2.24, 2.45) is 0 Å². The van der Waals surface area contributed by atoms with Crippen molar-refractivity contribution in [3.8, 4) is 11.8 Å². The van der Waals surface area contributed by atoms with E-state index in [4.69, 9.17) is 0 Å². The summed E-state index contributed by atoms with van der Waals surface area (Å²) >= 11 is 0. The zero-order valence-corrected chi connectivity index (χ0v) is 5.12. The topological polar surface area (TPSA) is 0 Å². The van der Waals surface area contributed by atoms with E-state index in [0.717, 1.165) is 12.8 Å². The summed E-state index contributed by atoms with van der Waals surface area (Å²) in [5.41, 5.74) is 0. The first-order chi connectivity index (χ1) is 3.41. The number of hydrogen-bond acceptors (Lipinski definition) is 0. The van der Waals surface area contributed by atoms with E-state index in [1.807, 2.05) is 0 Å².